The summed E-state index contributed by atoms with van der Waals surface area (Å²) < 4.78 is 73.7. The molecule has 0 aliphatic carbocycles. The van der Waals surface area contributed by atoms with Crippen LogP contribution in [0.2, 0.25) is 0 Å². The molecule has 0 aliphatic rings. The van der Waals surface area contributed by atoms with Gasteiger partial charge in [0, 0.05) is 0 Å². The van der Waals surface area contributed by atoms with Crippen LogP contribution < -0.4 is 9.47 Å². The minimum absolute atomic E-state index is 0.213. The second-order valence-electron chi connectivity index (χ2n) is 3.57. The zero-order chi connectivity index (χ0) is 16.9. The van der Waals surface area contributed by atoms with Crippen LogP contribution in [0.5, 0.6) is 11.5 Å². The Kier molecular flexibility index (Phi) is 5.50. The SMILES string of the molecule is CCOC(=O)c1c(C#N)ccc(OC(F)F)c1OC(F)(F)F. The lowest BCUT2D eigenvalue weighted by Gasteiger charge is -2.17. The van der Waals surface area contributed by atoms with E-state index >= 15 is 0 Å². The number of benzene rings is 1. The molecule has 0 aromatic heterocycles. The first-order chi connectivity index (χ1) is 10.2. The van der Waals surface area contributed by atoms with Crippen LogP contribution in [0.25, 0.3) is 0 Å². The van der Waals surface area contributed by atoms with Gasteiger partial charge in [-0.2, -0.15) is 14.0 Å². The van der Waals surface area contributed by atoms with Crippen LogP contribution in [0.4, 0.5) is 22.0 Å². The van der Waals surface area contributed by atoms with Crippen molar-refractivity contribution >= 4 is 5.97 Å². The first-order valence-corrected chi connectivity index (χ1v) is 5.64. The van der Waals surface area contributed by atoms with Crippen molar-refractivity contribution in [2.75, 3.05) is 6.61 Å². The normalized spacial score (nSPS) is 11.0. The third-order valence-corrected chi connectivity index (χ3v) is 2.16. The van der Waals surface area contributed by atoms with Crippen LogP contribution in [-0.4, -0.2) is 25.6 Å². The van der Waals surface area contributed by atoms with Gasteiger partial charge in [0.25, 0.3) is 0 Å². The van der Waals surface area contributed by atoms with Crippen molar-refractivity contribution in [1.29, 1.82) is 5.26 Å². The van der Waals surface area contributed by atoms with Crippen LogP contribution in [0.15, 0.2) is 12.1 Å². The summed E-state index contributed by atoms with van der Waals surface area (Å²) in [7, 11) is 0. The minimum atomic E-state index is -5.30. The summed E-state index contributed by atoms with van der Waals surface area (Å²) in [5.74, 6) is -3.74. The number of carbonyl (C=O) groups excluding carboxylic acids is 1. The average molecular weight is 325 g/mol. The molecule has 0 unspecified atom stereocenters. The predicted molar refractivity (Wildman–Crippen MR) is 60.4 cm³/mol. The van der Waals surface area contributed by atoms with Gasteiger partial charge in [0.2, 0.25) is 0 Å². The molecule has 0 heterocycles. The lowest BCUT2D eigenvalue weighted by molar-refractivity contribution is -0.275. The highest BCUT2D eigenvalue weighted by molar-refractivity contribution is 5.96. The van der Waals surface area contributed by atoms with E-state index in [1.807, 2.05) is 0 Å². The Bertz CT molecular complexity index is 594. The van der Waals surface area contributed by atoms with Crippen molar-refractivity contribution in [1.82, 2.24) is 0 Å². The topological polar surface area (TPSA) is 68.6 Å². The zero-order valence-electron chi connectivity index (χ0n) is 10.9. The van der Waals surface area contributed by atoms with E-state index in [0.29, 0.717) is 6.07 Å². The van der Waals surface area contributed by atoms with Crippen LogP contribution in [0, 0.1) is 11.3 Å². The molecule has 1 aromatic rings. The van der Waals surface area contributed by atoms with E-state index in [4.69, 9.17) is 5.26 Å². The molecule has 0 amide bonds. The molecule has 0 aliphatic heterocycles. The Morgan fingerprint density at radius 2 is 2.00 bits per heavy atom. The van der Waals surface area contributed by atoms with E-state index in [0.717, 1.165) is 6.07 Å². The maximum absolute atomic E-state index is 12.4. The summed E-state index contributed by atoms with van der Waals surface area (Å²) in [5, 5.41) is 8.85. The van der Waals surface area contributed by atoms with Crippen molar-refractivity contribution in [2.24, 2.45) is 0 Å². The van der Waals surface area contributed by atoms with E-state index in [-0.39, 0.29) is 6.61 Å². The van der Waals surface area contributed by atoms with Crippen molar-refractivity contribution < 1.29 is 41.0 Å². The van der Waals surface area contributed by atoms with Gasteiger partial charge in [-0.05, 0) is 19.1 Å². The number of carbonyl (C=O) groups is 1. The minimum Gasteiger partial charge on any atom is -0.462 e. The molecule has 0 spiro atoms. The summed E-state index contributed by atoms with van der Waals surface area (Å²) >= 11 is 0. The highest BCUT2D eigenvalue weighted by Crippen LogP contribution is 2.38. The first kappa shape index (κ1) is 17.5. The molecule has 0 fully saturated rings. The Labute approximate surface area is 120 Å². The van der Waals surface area contributed by atoms with E-state index in [1.165, 1.54) is 13.0 Å². The number of halogens is 5. The van der Waals surface area contributed by atoms with Gasteiger partial charge in [-0.3, -0.25) is 0 Å². The molecule has 120 valence electrons. The fourth-order valence-corrected chi connectivity index (χ4v) is 1.47. The average Bonchev–Trinajstić information content (AvgIpc) is 2.38. The molecule has 0 N–H and O–H groups in total. The summed E-state index contributed by atoms with van der Waals surface area (Å²) in [6, 6.07) is 2.95. The molecule has 0 atom stereocenters. The molecule has 0 radical (unpaired) electrons. The number of hydrogen-bond acceptors (Lipinski definition) is 5. The Hall–Kier alpha value is -2.57. The smallest absolute Gasteiger partial charge is 0.462 e. The van der Waals surface area contributed by atoms with Crippen LogP contribution >= 0.6 is 0 Å². The molecule has 1 rings (SSSR count). The van der Waals surface area contributed by atoms with Gasteiger partial charge in [-0.25, -0.2) is 4.79 Å². The fraction of sp³-hybridized carbons (Fsp3) is 0.333. The van der Waals surface area contributed by atoms with Crippen LogP contribution in [0.1, 0.15) is 22.8 Å². The quantitative estimate of drug-likeness (QED) is 0.614. The lowest BCUT2D eigenvalue weighted by Crippen LogP contribution is -2.21. The van der Waals surface area contributed by atoms with Gasteiger partial charge in [-0.15, -0.1) is 13.2 Å². The van der Waals surface area contributed by atoms with Crippen molar-refractivity contribution in [3.05, 3.63) is 23.3 Å². The van der Waals surface area contributed by atoms with Crippen molar-refractivity contribution in [3.63, 3.8) is 0 Å². The highest BCUT2D eigenvalue weighted by atomic mass is 19.4. The van der Waals surface area contributed by atoms with Gasteiger partial charge >= 0.3 is 18.9 Å². The molecular weight excluding hydrogens is 317 g/mol. The Morgan fingerprint density at radius 1 is 1.36 bits per heavy atom. The summed E-state index contributed by atoms with van der Waals surface area (Å²) in [5.41, 5.74) is -1.49. The molecule has 1 aromatic carbocycles. The number of esters is 1. The van der Waals surface area contributed by atoms with Crippen LogP contribution in [0.3, 0.4) is 0 Å². The zero-order valence-corrected chi connectivity index (χ0v) is 10.9. The molecule has 22 heavy (non-hydrogen) atoms. The first-order valence-electron chi connectivity index (χ1n) is 5.64. The second-order valence-corrected chi connectivity index (χ2v) is 3.57. The number of nitrogens with zero attached hydrogens (tertiary/aromatic N) is 1. The number of nitriles is 1. The van der Waals surface area contributed by atoms with E-state index in [1.54, 1.807) is 0 Å². The molecule has 0 saturated heterocycles. The Balaban J connectivity index is 3.52. The fourth-order valence-electron chi connectivity index (χ4n) is 1.47. The van der Waals surface area contributed by atoms with Crippen LogP contribution in [-0.2, 0) is 4.74 Å². The van der Waals surface area contributed by atoms with Gasteiger partial charge < -0.3 is 14.2 Å². The molecule has 5 nitrogen and oxygen atoms in total. The predicted octanol–water partition coefficient (Wildman–Crippen LogP) is 3.23. The maximum atomic E-state index is 12.4. The Morgan fingerprint density at radius 3 is 2.45 bits per heavy atom. The molecular formula is C12H8F5NO4. The molecule has 0 bridgehead atoms. The number of alkyl halides is 5. The largest absolute Gasteiger partial charge is 0.573 e. The van der Waals surface area contributed by atoms with Gasteiger partial charge in [0.15, 0.2) is 11.5 Å². The molecule has 0 saturated carbocycles. The molecule has 10 heteroatoms. The number of rotatable bonds is 5. The lowest BCUT2D eigenvalue weighted by atomic mass is 10.1. The second kappa shape index (κ2) is 6.93. The summed E-state index contributed by atoms with van der Waals surface area (Å²) in [4.78, 5) is 11.7. The van der Waals surface area contributed by atoms with Crippen molar-refractivity contribution in [2.45, 2.75) is 19.9 Å². The number of ether oxygens (including phenoxy) is 3. The highest BCUT2D eigenvalue weighted by Gasteiger charge is 2.36. The van der Waals surface area contributed by atoms with E-state index < -0.39 is 41.6 Å². The maximum Gasteiger partial charge on any atom is 0.573 e. The van der Waals surface area contributed by atoms with Crippen molar-refractivity contribution in [3.8, 4) is 17.6 Å². The van der Waals surface area contributed by atoms with Gasteiger partial charge in [0.05, 0.1) is 12.2 Å². The van der Waals surface area contributed by atoms with E-state index in [2.05, 4.69) is 14.2 Å². The summed E-state index contributed by atoms with van der Waals surface area (Å²) in [6.07, 6.45) is -5.30. The third-order valence-electron chi connectivity index (χ3n) is 2.16. The monoisotopic (exact) mass is 325 g/mol. The number of hydrogen-bond donors (Lipinski definition) is 0. The third kappa shape index (κ3) is 4.47. The van der Waals surface area contributed by atoms with E-state index in [9.17, 15) is 26.7 Å². The summed E-state index contributed by atoms with van der Waals surface area (Å²) in [6.45, 7) is -2.30. The standard InChI is InChI=1S/C12H8F5NO4/c1-2-20-10(19)8-6(5-18)3-4-7(21-11(13)14)9(8)22-12(15,16)17/h3-4,11H,2H2,1H3. The van der Waals surface area contributed by atoms with Gasteiger partial charge in [0.1, 0.15) is 11.6 Å². The van der Waals surface area contributed by atoms with Gasteiger partial charge in [-0.1, -0.05) is 0 Å².